The van der Waals surface area contributed by atoms with E-state index in [1.165, 1.54) is 24.3 Å². The van der Waals surface area contributed by atoms with E-state index in [1.54, 1.807) is 0 Å². The summed E-state index contributed by atoms with van der Waals surface area (Å²) in [4.78, 5) is 23.4. The van der Waals surface area contributed by atoms with Gasteiger partial charge in [-0.05, 0) is 55.3 Å². The lowest BCUT2D eigenvalue weighted by atomic mass is 10.1. The minimum atomic E-state index is -0.685. The van der Waals surface area contributed by atoms with Crippen LogP contribution in [0.5, 0.6) is 5.75 Å². The summed E-state index contributed by atoms with van der Waals surface area (Å²) < 4.78 is 22.7. The van der Waals surface area contributed by atoms with Crippen LogP contribution in [0, 0.1) is 19.7 Å². The van der Waals surface area contributed by atoms with Gasteiger partial charge in [0.05, 0.1) is 0 Å². The molecule has 0 heterocycles. The molecule has 24 heavy (non-hydrogen) atoms. The van der Waals surface area contributed by atoms with Crippen molar-refractivity contribution in [2.24, 2.45) is 0 Å². The number of nitrogens with one attached hydrogen (secondary N) is 1. The van der Waals surface area contributed by atoms with E-state index in [1.807, 2.05) is 32.0 Å². The average molecular weight is 331 g/mol. The first kappa shape index (κ1) is 17.5. The summed E-state index contributed by atoms with van der Waals surface area (Å²) in [6.07, 6.45) is 0. The Bertz CT molecular complexity index is 728. The third-order valence-electron chi connectivity index (χ3n) is 3.20. The summed E-state index contributed by atoms with van der Waals surface area (Å²) in [6, 6.07) is 10.9. The molecule has 0 fully saturated rings. The number of carbonyl (C=O) groups excluding carboxylic acids is 2. The van der Waals surface area contributed by atoms with Crippen LogP contribution in [0.3, 0.4) is 0 Å². The fourth-order valence-electron chi connectivity index (χ4n) is 1.92. The Balaban J connectivity index is 1.75. The van der Waals surface area contributed by atoms with Gasteiger partial charge in [-0.25, -0.2) is 9.18 Å². The number of hydrogen-bond donors (Lipinski definition) is 1. The summed E-state index contributed by atoms with van der Waals surface area (Å²) >= 11 is 0. The summed E-state index contributed by atoms with van der Waals surface area (Å²) in [5.74, 6) is -1.17. The molecule has 0 unspecified atom stereocenters. The molecule has 5 nitrogen and oxygen atoms in total. The van der Waals surface area contributed by atoms with Crippen molar-refractivity contribution in [3.63, 3.8) is 0 Å². The van der Waals surface area contributed by atoms with E-state index in [9.17, 15) is 14.0 Å². The highest BCUT2D eigenvalue weighted by molar-refractivity contribution is 5.93. The second-order valence-electron chi connectivity index (χ2n) is 5.27. The van der Waals surface area contributed by atoms with Gasteiger partial charge in [-0.1, -0.05) is 12.1 Å². The molecule has 1 N–H and O–H groups in total. The van der Waals surface area contributed by atoms with Gasteiger partial charge in [-0.15, -0.1) is 0 Å². The van der Waals surface area contributed by atoms with Crippen LogP contribution in [0.1, 0.15) is 11.1 Å². The van der Waals surface area contributed by atoms with Crippen LogP contribution in [0.15, 0.2) is 42.5 Å². The SMILES string of the molecule is Cc1ccc(C)c(NC(=O)COC(=O)COc2ccc(F)cc2)c1. The average Bonchev–Trinajstić information content (AvgIpc) is 2.56. The largest absolute Gasteiger partial charge is 0.482 e. The van der Waals surface area contributed by atoms with Crippen LogP contribution < -0.4 is 10.1 Å². The second kappa shape index (κ2) is 8.10. The third-order valence-corrected chi connectivity index (χ3v) is 3.20. The molecule has 2 aromatic rings. The molecule has 1 amide bonds. The Hall–Kier alpha value is -2.89. The van der Waals surface area contributed by atoms with E-state index in [-0.39, 0.29) is 6.61 Å². The summed E-state index contributed by atoms with van der Waals surface area (Å²) in [5.41, 5.74) is 2.61. The number of benzene rings is 2. The van der Waals surface area contributed by atoms with Gasteiger partial charge < -0.3 is 14.8 Å². The number of anilines is 1. The Morgan fingerprint density at radius 2 is 1.75 bits per heavy atom. The maximum Gasteiger partial charge on any atom is 0.344 e. The number of rotatable bonds is 6. The molecule has 0 radical (unpaired) electrons. The molecule has 0 spiro atoms. The van der Waals surface area contributed by atoms with Crippen molar-refractivity contribution in [2.75, 3.05) is 18.5 Å². The molecular formula is C18H18FNO4. The molecule has 0 bridgehead atoms. The lowest BCUT2D eigenvalue weighted by Crippen LogP contribution is -2.24. The summed E-state index contributed by atoms with van der Waals surface area (Å²) in [6.45, 7) is 3.03. The zero-order valence-corrected chi connectivity index (χ0v) is 13.5. The zero-order chi connectivity index (χ0) is 17.5. The van der Waals surface area contributed by atoms with Gasteiger partial charge in [0.1, 0.15) is 11.6 Å². The molecule has 2 aromatic carbocycles. The predicted molar refractivity (Wildman–Crippen MR) is 87.4 cm³/mol. The van der Waals surface area contributed by atoms with Crippen LogP contribution in [-0.2, 0) is 14.3 Å². The standard InChI is InChI=1S/C18H18FNO4/c1-12-3-4-13(2)16(9-12)20-17(21)10-24-18(22)11-23-15-7-5-14(19)6-8-15/h3-9H,10-11H2,1-2H3,(H,20,21). The Morgan fingerprint density at radius 1 is 1.04 bits per heavy atom. The van der Waals surface area contributed by atoms with Gasteiger partial charge in [-0.3, -0.25) is 4.79 Å². The Morgan fingerprint density at radius 3 is 2.46 bits per heavy atom. The molecule has 2 rings (SSSR count). The maximum atomic E-state index is 12.7. The van der Waals surface area contributed by atoms with Crippen LogP contribution in [0.4, 0.5) is 10.1 Å². The number of amides is 1. The van der Waals surface area contributed by atoms with E-state index in [0.717, 1.165) is 11.1 Å². The van der Waals surface area contributed by atoms with Crippen molar-refractivity contribution in [3.8, 4) is 5.75 Å². The van der Waals surface area contributed by atoms with E-state index < -0.39 is 24.3 Å². The molecule has 0 aliphatic carbocycles. The van der Waals surface area contributed by atoms with E-state index in [2.05, 4.69) is 5.32 Å². The quantitative estimate of drug-likeness (QED) is 0.827. The first-order valence-electron chi connectivity index (χ1n) is 7.35. The fraction of sp³-hybridized carbons (Fsp3) is 0.222. The van der Waals surface area contributed by atoms with Gasteiger partial charge in [-0.2, -0.15) is 0 Å². The van der Waals surface area contributed by atoms with E-state index >= 15 is 0 Å². The highest BCUT2D eigenvalue weighted by Gasteiger charge is 2.10. The molecule has 0 aliphatic heterocycles. The van der Waals surface area contributed by atoms with Gasteiger partial charge in [0, 0.05) is 5.69 Å². The third kappa shape index (κ3) is 5.39. The fourth-order valence-corrected chi connectivity index (χ4v) is 1.92. The highest BCUT2D eigenvalue weighted by Crippen LogP contribution is 2.16. The molecule has 0 saturated heterocycles. The Kier molecular flexibility index (Phi) is 5.89. The first-order valence-corrected chi connectivity index (χ1v) is 7.35. The number of carbonyl (C=O) groups is 2. The second-order valence-corrected chi connectivity index (χ2v) is 5.27. The molecular weight excluding hydrogens is 313 g/mol. The number of halogens is 1. The van der Waals surface area contributed by atoms with Crippen molar-refractivity contribution in [1.82, 2.24) is 0 Å². The Labute approximate surface area is 139 Å². The van der Waals surface area contributed by atoms with Crippen molar-refractivity contribution in [2.45, 2.75) is 13.8 Å². The normalized spacial score (nSPS) is 10.1. The molecule has 0 atom stereocenters. The van der Waals surface area contributed by atoms with Gasteiger partial charge in [0.15, 0.2) is 13.2 Å². The van der Waals surface area contributed by atoms with Gasteiger partial charge >= 0.3 is 5.97 Å². The van der Waals surface area contributed by atoms with Gasteiger partial charge in [0.25, 0.3) is 5.91 Å². The molecule has 0 aromatic heterocycles. The number of aryl methyl sites for hydroxylation is 2. The lowest BCUT2D eigenvalue weighted by Gasteiger charge is -2.10. The first-order chi connectivity index (χ1) is 11.4. The van der Waals surface area contributed by atoms with Crippen molar-refractivity contribution in [3.05, 3.63) is 59.4 Å². The lowest BCUT2D eigenvalue weighted by molar-refractivity contribution is -0.149. The van der Waals surface area contributed by atoms with Crippen molar-refractivity contribution >= 4 is 17.6 Å². The van der Waals surface area contributed by atoms with E-state index in [0.29, 0.717) is 11.4 Å². The number of esters is 1. The topological polar surface area (TPSA) is 64.6 Å². The van der Waals surface area contributed by atoms with Crippen molar-refractivity contribution in [1.29, 1.82) is 0 Å². The van der Waals surface area contributed by atoms with Crippen LogP contribution >= 0.6 is 0 Å². The van der Waals surface area contributed by atoms with Crippen LogP contribution in [0.2, 0.25) is 0 Å². The highest BCUT2D eigenvalue weighted by atomic mass is 19.1. The van der Waals surface area contributed by atoms with Crippen LogP contribution in [0.25, 0.3) is 0 Å². The molecule has 0 aliphatic rings. The maximum absolute atomic E-state index is 12.7. The monoisotopic (exact) mass is 331 g/mol. The molecule has 6 heteroatoms. The smallest absolute Gasteiger partial charge is 0.344 e. The number of ether oxygens (including phenoxy) is 2. The zero-order valence-electron chi connectivity index (χ0n) is 13.5. The van der Waals surface area contributed by atoms with Crippen LogP contribution in [-0.4, -0.2) is 25.1 Å². The molecule has 0 saturated carbocycles. The minimum Gasteiger partial charge on any atom is -0.482 e. The van der Waals surface area contributed by atoms with E-state index in [4.69, 9.17) is 9.47 Å². The number of hydrogen-bond acceptors (Lipinski definition) is 4. The van der Waals surface area contributed by atoms with Crippen molar-refractivity contribution < 1.29 is 23.5 Å². The minimum absolute atomic E-state index is 0.341. The summed E-state index contributed by atoms with van der Waals surface area (Å²) in [7, 11) is 0. The summed E-state index contributed by atoms with van der Waals surface area (Å²) in [5, 5.41) is 2.69. The van der Waals surface area contributed by atoms with Gasteiger partial charge in [0.2, 0.25) is 0 Å². The predicted octanol–water partition coefficient (Wildman–Crippen LogP) is 3.00. The molecule has 126 valence electrons.